The quantitative estimate of drug-likeness (QED) is 0.923. The van der Waals surface area contributed by atoms with Gasteiger partial charge in [0.2, 0.25) is 5.91 Å². The Morgan fingerprint density at radius 2 is 1.91 bits per heavy atom. The van der Waals surface area contributed by atoms with Crippen LogP contribution in [0.4, 0.5) is 0 Å². The lowest BCUT2D eigenvalue weighted by Gasteiger charge is -2.30. The van der Waals surface area contributed by atoms with Gasteiger partial charge in [-0.1, -0.05) is 38.2 Å². The SMILES string of the molecule is O=C(O)c1ccc2c(c1)CN(C(=O)CCC1CCCCC1)CC2. The maximum atomic E-state index is 12.5. The normalized spacial score (nSPS) is 18.5. The molecule has 2 aliphatic rings. The van der Waals surface area contributed by atoms with Crippen molar-refractivity contribution in [1.82, 2.24) is 4.90 Å². The first-order chi connectivity index (χ1) is 11.1. The molecule has 0 atom stereocenters. The fourth-order valence-corrected chi connectivity index (χ4v) is 3.86. The molecule has 1 heterocycles. The van der Waals surface area contributed by atoms with Crippen LogP contribution in [0.1, 0.15) is 66.4 Å². The molecular formula is C19H25NO3. The summed E-state index contributed by atoms with van der Waals surface area (Å²) in [7, 11) is 0. The highest BCUT2D eigenvalue weighted by Gasteiger charge is 2.23. The second-order valence-electron chi connectivity index (χ2n) is 6.90. The average molecular weight is 315 g/mol. The molecule has 1 amide bonds. The van der Waals surface area contributed by atoms with Gasteiger partial charge in [-0.3, -0.25) is 4.79 Å². The molecule has 1 saturated carbocycles. The van der Waals surface area contributed by atoms with Crippen molar-refractivity contribution in [3.05, 3.63) is 34.9 Å². The van der Waals surface area contributed by atoms with E-state index in [4.69, 9.17) is 5.11 Å². The molecule has 4 heteroatoms. The number of rotatable bonds is 4. The lowest BCUT2D eigenvalue weighted by molar-refractivity contribution is -0.132. The summed E-state index contributed by atoms with van der Waals surface area (Å²) in [5.41, 5.74) is 2.47. The molecule has 0 bridgehead atoms. The number of carbonyl (C=O) groups is 2. The molecule has 0 unspecified atom stereocenters. The molecule has 3 rings (SSSR count). The zero-order valence-corrected chi connectivity index (χ0v) is 13.6. The van der Waals surface area contributed by atoms with Gasteiger partial charge in [-0.2, -0.15) is 0 Å². The lowest BCUT2D eigenvalue weighted by atomic mass is 9.86. The van der Waals surface area contributed by atoms with E-state index in [1.54, 1.807) is 12.1 Å². The van der Waals surface area contributed by atoms with Crippen molar-refractivity contribution in [2.24, 2.45) is 5.92 Å². The molecule has 1 aromatic carbocycles. The highest BCUT2D eigenvalue weighted by molar-refractivity contribution is 5.88. The molecule has 124 valence electrons. The number of hydrogen-bond acceptors (Lipinski definition) is 2. The van der Waals surface area contributed by atoms with Crippen molar-refractivity contribution in [1.29, 1.82) is 0 Å². The van der Waals surface area contributed by atoms with Crippen molar-refractivity contribution in [3.63, 3.8) is 0 Å². The molecule has 1 aliphatic heterocycles. The van der Waals surface area contributed by atoms with Crippen LogP contribution in [-0.2, 0) is 17.8 Å². The summed E-state index contributed by atoms with van der Waals surface area (Å²) in [6, 6.07) is 5.27. The van der Waals surface area contributed by atoms with Crippen molar-refractivity contribution >= 4 is 11.9 Å². The molecule has 1 fully saturated rings. The summed E-state index contributed by atoms with van der Waals surface area (Å²) in [6.07, 6.45) is 9.00. The minimum atomic E-state index is -0.909. The summed E-state index contributed by atoms with van der Waals surface area (Å²) < 4.78 is 0. The standard InChI is InChI=1S/C19H25NO3/c21-18(9-6-14-4-2-1-3-5-14)20-11-10-15-7-8-16(19(22)23)12-17(15)13-20/h7-8,12,14H,1-6,9-11,13H2,(H,22,23). The van der Waals surface area contributed by atoms with E-state index in [0.29, 0.717) is 18.5 Å². The summed E-state index contributed by atoms with van der Waals surface area (Å²) in [5, 5.41) is 9.11. The Labute approximate surface area is 137 Å². The van der Waals surface area contributed by atoms with Crippen LogP contribution in [0.2, 0.25) is 0 Å². The Morgan fingerprint density at radius 1 is 1.13 bits per heavy atom. The monoisotopic (exact) mass is 315 g/mol. The van der Waals surface area contributed by atoms with Gasteiger partial charge in [0.1, 0.15) is 0 Å². The predicted octanol–water partition coefficient (Wildman–Crippen LogP) is 3.63. The van der Waals surface area contributed by atoms with E-state index in [1.165, 1.54) is 37.7 Å². The zero-order chi connectivity index (χ0) is 16.2. The summed E-state index contributed by atoms with van der Waals surface area (Å²) in [5.74, 6) is 0.0406. The fraction of sp³-hybridized carbons (Fsp3) is 0.579. The van der Waals surface area contributed by atoms with Crippen LogP contribution < -0.4 is 0 Å². The van der Waals surface area contributed by atoms with Gasteiger partial charge in [0.25, 0.3) is 0 Å². The van der Waals surface area contributed by atoms with E-state index >= 15 is 0 Å². The van der Waals surface area contributed by atoms with Crippen LogP contribution in [0.25, 0.3) is 0 Å². The number of nitrogens with zero attached hydrogens (tertiary/aromatic N) is 1. The Bertz CT molecular complexity index is 590. The number of carboxylic acid groups (broad SMARTS) is 1. The highest BCUT2D eigenvalue weighted by Crippen LogP contribution is 2.28. The van der Waals surface area contributed by atoms with E-state index in [0.717, 1.165) is 30.9 Å². The number of benzene rings is 1. The summed E-state index contributed by atoms with van der Waals surface area (Å²) in [4.78, 5) is 25.5. The Morgan fingerprint density at radius 3 is 2.65 bits per heavy atom. The molecule has 1 aliphatic carbocycles. The zero-order valence-electron chi connectivity index (χ0n) is 13.6. The van der Waals surface area contributed by atoms with Gasteiger partial charge in [0.15, 0.2) is 0 Å². The largest absolute Gasteiger partial charge is 0.478 e. The van der Waals surface area contributed by atoms with Gasteiger partial charge < -0.3 is 10.0 Å². The van der Waals surface area contributed by atoms with Gasteiger partial charge in [-0.25, -0.2) is 4.79 Å². The predicted molar refractivity (Wildman–Crippen MR) is 88.3 cm³/mol. The number of hydrogen-bond donors (Lipinski definition) is 1. The van der Waals surface area contributed by atoms with Gasteiger partial charge >= 0.3 is 5.97 Å². The lowest BCUT2D eigenvalue weighted by Crippen LogP contribution is -2.36. The van der Waals surface area contributed by atoms with Gasteiger partial charge in [-0.15, -0.1) is 0 Å². The van der Waals surface area contributed by atoms with Crippen LogP contribution in [0, 0.1) is 5.92 Å². The molecule has 1 aromatic rings. The van der Waals surface area contributed by atoms with E-state index in [-0.39, 0.29) is 5.91 Å². The third-order valence-corrected chi connectivity index (χ3v) is 5.31. The third kappa shape index (κ3) is 3.92. The molecule has 0 saturated heterocycles. The highest BCUT2D eigenvalue weighted by atomic mass is 16.4. The topological polar surface area (TPSA) is 57.6 Å². The Kier molecular flexibility index (Phi) is 4.99. The number of carboxylic acids is 1. The maximum Gasteiger partial charge on any atom is 0.335 e. The van der Waals surface area contributed by atoms with Crippen molar-refractivity contribution in [2.75, 3.05) is 6.54 Å². The molecule has 0 aromatic heterocycles. The fourth-order valence-electron chi connectivity index (χ4n) is 3.86. The second-order valence-corrected chi connectivity index (χ2v) is 6.90. The van der Waals surface area contributed by atoms with Gasteiger partial charge in [-0.05, 0) is 42.0 Å². The van der Waals surface area contributed by atoms with E-state index in [2.05, 4.69) is 0 Å². The van der Waals surface area contributed by atoms with Crippen molar-refractivity contribution in [2.45, 2.75) is 57.9 Å². The molecular weight excluding hydrogens is 290 g/mol. The molecule has 4 nitrogen and oxygen atoms in total. The molecule has 0 radical (unpaired) electrons. The second kappa shape index (κ2) is 7.16. The molecule has 23 heavy (non-hydrogen) atoms. The van der Waals surface area contributed by atoms with Gasteiger partial charge in [0, 0.05) is 19.5 Å². The van der Waals surface area contributed by atoms with Crippen molar-refractivity contribution in [3.8, 4) is 0 Å². The van der Waals surface area contributed by atoms with Crippen LogP contribution >= 0.6 is 0 Å². The maximum absolute atomic E-state index is 12.5. The van der Waals surface area contributed by atoms with E-state index in [9.17, 15) is 9.59 Å². The first kappa shape index (κ1) is 16.0. The average Bonchev–Trinajstić information content (AvgIpc) is 2.59. The first-order valence-corrected chi connectivity index (χ1v) is 8.76. The first-order valence-electron chi connectivity index (χ1n) is 8.76. The van der Waals surface area contributed by atoms with Crippen LogP contribution in [0.15, 0.2) is 18.2 Å². The van der Waals surface area contributed by atoms with Crippen LogP contribution in [0.3, 0.4) is 0 Å². The summed E-state index contributed by atoms with van der Waals surface area (Å²) >= 11 is 0. The minimum absolute atomic E-state index is 0.224. The van der Waals surface area contributed by atoms with E-state index in [1.807, 2.05) is 11.0 Å². The van der Waals surface area contributed by atoms with Crippen LogP contribution in [-0.4, -0.2) is 28.4 Å². The number of fused-ring (bicyclic) bond motifs is 1. The Hall–Kier alpha value is -1.84. The van der Waals surface area contributed by atoms with E-state index < -0.39 is 5.97 Å². The summed E-state index contributed by atoms with van der Waals surface area (Å²) in [6.45, 7) is 1.31. The van der Waals surface area contributed by atoms with Crippen LogP contribution in [0.5, 0.6) is 0 Å². The Balaban J connectivity index is 1.58. The smallest absolute Gasteiger partial charge is 0.335 e. The van der Waals surface area contributed by atoms with Gasteiger partial charge in [0.05, 0.1) is 5.56 Å². The number of carbonyl (C=O) groups excluding carboxylic acids is 1. The number of amides is 1. The number of aromatic carboxylic acids is 1. The molecule has 0 spiro atoms. The molecule has 1 N–H and O–H groups in total. The van der Waals surface area contributed by atoms with Crippen molar-refractivity contribution < 1.29 is 14.7 Å². The third-order valence-electron chi connectivity index (χ3n) is 5.31. The minimum Gasteiger partial charge on any atom is -0.478 e.